The molecular weight excluding hydrogens is 342 g/mol. The van der Waals surface area contributed by atoms with E-state index in [4.69, 9.17) is 21.1 Å². The van der Waals surface area contributed by atoms with Gasteiger partial charge in [0.1, 0.15) is 12.4 Å². The normalized spacial score (nSPS) is 15.8. The average molecular weight is 368 g/mol. The Morgan fingerprint density at radius 1 is 1.40 bits per heavy atom. The van der Waals surface area contributed by atoms with Gasteiger partial charge in [0.2, 0.25) is 0 Å². The minimum atomic E-state index is -0.114. The zero-order chi connectivity index (χ0) is 18.1. The number of piperidine rings is 1. The van der Waals surface area contributed by atoms with Crippen molar-refractivity contribution in [2.75, 3.05) is 39.9 Å². The summed E-state index contributed by atoms with van der Waals surface area (Å²) in [7, 11) is 1.44. The molecule has 0 aliphatic carbocycles. The van der Waals surface area contributed by atoms with Crippen LogP contribution in [0.15, 0.2) is 29.3 Å². The Morgan fingerprint density at radius 3 is 2.80 bits per heavy atom. The first kappa shape index (κ1) is 19.4. The lowest BCUT2D eigenvalue weighted by atomic mass is 9.97. The summed E-state index contributed by atoms with van der Waals surface area (Å²) >= 11 is 5.94. The van der Waals surface area contributed by atoms with Crippen molar-refractivity contribution in [1.29, 1.82) is 0 Å². The number of hydrogen-bond acceptors (Lipinski definition) is 4. The molecule has 1 aromatic rings. The topological polar surface area (TPSA) is 63.2 Å². The molecule has 1 aromatic carbocycles. The van der Waals surface area contributed by atoms with Crippen molar-refractivity contribution in [3.8, 4) is 5.75 Å². The summed E-state index contributed by atoms with van der Waals surface area (Å²) in [5, 5.41) is 3.96. The van der Waals surface area contributed by atoms with Gasteiger partial charge in [-0.1, -0.05) is 17.7 Å². The lowest BCUT2D eigenvalue weighted by molar-refractivity contribution is -0.146. The Labute approximate surface area is 154 Å². The third kappa shape index (κ3) is 6.12. The summed E-state index contributed by atoms with van der Waals surface area (Å²) in [6, 6.07) is 7.33. The highest BCUT2D eigenvalue weighted by Gasteiger charge is 2.26. The Morgan fingerprint density at radius 2 is 2.16 bits per heavy atom. The Kier molecular flexibility index (Phi) is 7.85. The predicted molar refractivity (Wildman–Crippen MR) is 99.2 cm³/mol. The molecule has 25 heavy (non-hydrogen) atoms. The molecule has 0 spiro atoms. The van der Waals surface area contributed by atoms with Gasteiger partial charge in [-0.15, -0.1) is 0 Å². The van der Waals surface area contributed by atoms with Crippen molar-refractivity contribution in [1.82, 2.24) is 10.2 Å². The van der Waals surface area contributed by atoms with Crippen LogP contribution in [-0.4, -0.2) is 56.7 Å². The van der Waals surface area contributed by atoms with E-state index in [1.165, 1.54) is 7.11 Å². The first-order valence-electron chi connectivity index (χ1n) is 8.63. The first-order chi connectivity index (χ1) is 12.1. The van der Waals surface area contributed by atoms with Crippen molar-refractivity contribution in [3.63, 3.8) is 0 Å². The number of aliphatic imine (C=N–C) groups is 1. The van der Waals surface area contributed by atoms with Crippen LogP contribution < -0.4 is 10.1 Å². The molecule has 1 fully saturated rings. The Hall–Kier alpha value is -1.95. The van der Waals surface area contributed by atoms with Gasteiger partial charge in [-0.25, -0.2) is 4.99 Å². The maximum Gasteiger partial charge on any atom is 0.308 e. The number of rotatable bonds is 6. The van der Waals surface area contributed by atoms with Gasteiger partial charge in [-0.2, -0.15) is 0 Å². The molecule has 1 saturated heterocycles. The molecule has 138 valence electrons. The third-order valence-corrected chi connectivity index (χ3v) is 4.32. The molecular formula is C18H26ClN3O3. The molecule has 0 bridgehead atoms. The van der Waals surface area contributed by atoms with Crippen LogP contribution in [0.1, 0.15) is 19.8 Å². The highest BCUT2D eigenvalue weighted by Crippen LogP contribution is 2.19. The number of hydrogen-bond donors (Lipinski definition) is 1. The van der Waals surface area contributed by atoms with Crippen LogP contribution in [0.2, 0.25) is 5.02 Å². The molecule has 0 atom stereocenters. The van der Waals surface area contributed by atoms with E-state index in [0.717, 1.165) is 44.2 Å². The summed E-state index contributed by atoms with van der Waals surface area (Å²) < 4.78 is 10.5. The average Bonchev–Trinajstić information content (AvgIpc) is 2.64. The number of nitrogens with zero attached hydrogens (tertiary/aromatic N) is 2. The second kappa shape index (κ2) is 10.1. The number of halogens is 1. The number of carbonyl (C=O) groups excluding carboxylic acids is 1. The molecule has 0 saturated carbocycles. The van der Waals surface area contributed by atoms with Crippen LogP contribution in [0.25, 0.3) is 0 Å². The molecule has 0 aromatic heterocycles. The van der Waals surface area contributed by atoms with E-state index in [1.807, 2.05) is 25.1 Å². The van der Waals surface area contributed by atoms with Crippen LogP contribution in [0.5, 0.6) is 5.75 Å². The summed E-state index contributed by atoms with van der Waals surface area (Å²) in [6.45, 7) is 5.45. The van der Waals surface area contributed by atoms with E-state index in [2.05, 4.69) is 15.2 Å². The fraction of sp³-hybridized carbons (Fsp3) is 0.556. The van der Waals surface area contributed by atoms with Gasteiger partial charge in [0.15, 0.2) is 5.96 Å². The number of methoxy groups -OCH3 is 1. The molecule has 2 rings (SSSR count). The van der Waals surface area contributed by atoms with Gasteiger partial charge in [0.25, 0.3) is 0 Å². The second-order valence-corrected chi connectivity index (χ2v) is 6.26. The Balaban J connectivity index is 1.83. The minimum Gasteiger partial charge on any atom is -0.492 e. The standard InChI is InChI=1S/C18H26ClN3O3/c1-3-20-18(22-10-7-14(8-11-22)17(23)24-2)21-9-12-25-16-6-4-5-15(19)13-16/h4-6,13-14H,3,7-12H2,1-2H3,(H,20,21). The van der Waals surface area contributed by atoms with Gasteiger partial charge in [0, 0.05) is 24.7 Å². The number of benzene rings is 1. The SMILES string of the molecule is CCNC(=NCCOc1cccc(Cl)c1)N1CCC(C(=O)OC)CC1. The number of carbonyl (C=O) groups is 1. The maximum absolute atomic E-state index is 11.6. The molecule has 1 aliphatic rings. The highest BCUT2D eigenvalue weighted by atomic mass is 35.5. The van der Waals surface area contributed by atoms with Crippen LogP contribution in [0, 0.1) is 5.92 Å². The monoisotopic (exact) mass is 367 g/mol. The van der Waals surface area contributed by atoms with Gasteiger partial charge in [0.05, 0.1) is 19.6 Å². The van der Waals surface area contributed by atoms with Crippen molar-refractivity contribution in [3.05, 3.63) is 29.3 Å². The summed E-state index contributed by atoms with van der Waals surface area (Å²) in [5.74, 6) is 1.49. The van der Waals surface area contributed by atoms with Gasteiger partial charge in [-0.05, 0) is 38.0 Å². The number of nitrogens with one attached hydrogen (secondary N) is 1. The molecule has 1 N–H and O–H groups in total. The van der Waals surface area contributed by atoms with Crippen molar-refractivity contribution in [2.45, 2.75) is 19.8 Å². The number of guanidine groups is 1. The summed E-state index contributed by atoms with van der Waals surface area (Å²) in [5.41, 5.74) is 0. The van der Waals surface area contributed by atoms with Crippen LogP contribution >= 0.6 is 11.6 Å². The smallest absolute Gasteiger partial charge is 0.308 e. The van der Waals surface area contributed by atoms with Crippen LogP contribution in [0.3, 0.4) is 0 Å². The highest BCUT2D eigenvalue weighted by molar-refractivity contribution is 6.30. The molecule has 7 heteroatoms. The molecule has 0 radical (unpaired) electrons. The second-order valence-electron chi connectivity index (χ2n) is 5.83. The summed E-state index contributed by atoms with van der Waals surface area (Å²) in [6.07, 6.45) is 1.58. The lowest BCUT2D eigenvalue weighted by Gasteiger charge is -2.33. The Bertz CT molecular complexity index is 587. The van der Waals surface area contributed by atoms with Crippen molar-refractivity contribution >= 4 is 23.5 Å². The van der Waals surface area contributed by atoms with Crippen molar-refractivity contribution < 1.29 is 14.3 Å². The summed E-state index contributed by atoms with van der Waals surface area (Å²) in [4.78, 5) is 18.4. The van der Waals surface area contributed by atoms with Gasteiger partial charge >= 0.3 is 5.97 Å². The fourth-order valence-corrected chi connectivity index (χ4v) is 2.97. The third-order valence-electron chi connectivity index (χ3n) is 4.08. The number of likely N-dealkylation sites (tertiary alicyclic amines) is 1. The number of ether oxygens (including phenoxy) is 2. The maximum atomic E-state index is 11.6. The van der Waals surface area contributed by atoms with Gasteiger partial charge < -0.3 is 19.7 Å². The molecule has 1 heterocycles. The van der Waals surface area contributed by atoms with E-state index < -0.39 is 0 Å². The van der Waals surface area contributed by atoms with E-state index in [9.17, 15) is 4.79 Å². The van der Waals surface area contributed by atoms with E-state index in [-0.39, 0.29) is 11.9 Å². The van der Waals surface area contributed by atoms with E-state index in [1.54, 1.807) is 6.07 Å². The largest absolute Gasteiger partial charge is 0.492 e. The van der Waals surface area contributed by atoms with Crippen molar-refractivity contribution in [2.24, 2.45) is 10.9 Å². The first-order valence-corrected chi connectivity index (χ1v) is 9.01. The molecule has 1 aliphatic heterocycles. The van der Waals surface area contributed by atoms with Gasteiger partial charge in [-0.3, -0.25) is 4.79 Å². The van der Waals surface area contributed by atoms with Crippen LogP contribution in [-0.2, 0) is 9.53 Å². The van der Waals surface area contributed by atoms with Crippen LogP contribution in [0.4, 0.5) is 0 Å². The quantitative estimate of drug-likeness (QED) is 0.362. The number of esters is 1. The molecule has 0 amide bonds. The molecule has 6 nitrogen and oxygen atoms in total. The fourth-order valence-electron chi connectivity index (χ4n) is 2.79. The lowest BCUT2D eigenvalue weighted by Crippen LogP contribution is -2.46. The minimum absolute atomic E-state index is 0.00436. The zero-order valence-electron chi connectivity index (χ0n) is 14.8. The predicted octanol–water partition coefficient (Wildman–Crippen LogP) is 2.57. The van der Waals surface area contributed by atoms with E-state index in [0.29, 0.717) is 18.2 Å². The van der Waals surface area contributed by atoms with E-state index >= 15 is 0 Å². The molecule has 0 unspecified atom stereocenters. The zero-order valence-corrected chi connectivity index (χ0v) is 15.6.